The summed E-state index contributed by atoms with van der Waals surface area (Å²) in [7, 11) is 3.43. The van der Waals surface area contributed by atoms with Crippen LogP contribution in [0.2, 0.25) is 0 Å². The first-order valence-corrected chi connectivity index (χ1v) is 5.61. The molecular formula is C14H15NO3. The van der Waals surface area contributed by atoms with Crippen LogP contribution in [0.3, 0.4) is 0 Å². The standard InChI is InChI=1S/C14H15NO3/c1-8-9-6-7-12(18-3)13(15-2)11(9)5-4-10(8)14(16)17/h4-7,15H,1-3H3,(H,16,17). The fourth-order valence-electron chi connectivity index (χ4n) is 2.20. The predicted molar refractivity (Wildman–Crippen MR) is 71.7 cm³/mol. The fourth-order valence-corrected chi connectivity index (χ4v) is 2.20. The van der Waals surface area contributed by atoms with Crippen LogP contribution in [-0.4, -0.2) is 25.2 Å². The number of anilines is 1. The number of carboxylic acid groups (broad SMARTS) is 1. The molecule has 2 aromatic rings. The summed E-state index contributed by atoms with van der Waals surface area (Å²) in [4.78, 5) is 11.1. The van der Waals surface area contributed by atoms with Gasteiger partial charge in [-0.25, -0.2) is 4.79 Å². The van der Waals surface area contributed by atoms with Crippen LogP contribution in [-0.2, 0) is 0 Å². The van der Waals surface area contributed by atoms with Crippen LogP contribution in [0, 0.1) is 6.92 Å². The van der Waals surface area contributed by atoms with Crippen LogP contribution in [0.5, 0.6) is 5.75 Å². The van der Waals surface area contributed by atoms with E-state index in [9.17, 15) is 4.79 Å². The molecular weight excluding hydrogens is 230 g/mol. The first-order valence-electron chi connectivity index (χ1n) is 5.61. The summed E-state index contributed by atoms with van der Waals surface area (Å²) in [6.07, 6.45) is 0. The monoisotopic (exact) mass is 245 g/mol. The van der Waals surface area contributed by atoms with E-state index in [4.69, 9.17) is 9.84 Å². The predicted octanol–water partition coefficient (Wildman–Crippen LogP) is 2.90. The molecule has 0 spiro atoms. The molecule has 18 heavy (non-hydrogen) atoms. The van der Waals surface area contributed by atoms with Gasteiger partial charge in [-0.2, -0.15) is 0 Å². The van der Waals surface area contributed by atoms with E-state index in [0.717, 1.165) is 27.8 Å². The smallest absolute Gasteiger partial charge is 0.335 e. The molecule has 0 aromatic heterocycles. The number of carboxylic acids is 1. The summed E-state index contributed by atoms with van der Waals surface area (Å²) in [6, 6.07) is 7.16. The molecule has 4 nitrogen and oxygen atoms in total. The number of carbonyl (C=O) groups is 1. The molecule has 0 saturated heterocycles. The number of hydrogen-bond acceptors (Lipinski definition) is 3. The Kier molecular flexibility index (Phi) is 3.10. The van der Waals surface area contributed by atoms with Crippen molar-refractivity contribution >= 4 is 22.4 Å². The molecule has 0 fully saturated rings. The van der Waals surface area contributed by atoms with E-state index in [2.05, 4.69) is 5.32 Å². The number of hydrogen-bond donors (Lipinski definition) is 2. The number of aryl methyl sites for hydroxylation is 1. The Bertz CT molecular complexity index is 620. The van der Waals surface area contributed by atoms with Gasteiger partial charge in [-0.1, -0.05) is 12.1 Å². The molecule has 4 heteroatoms. The Morgan fingerprint density at radius 2 is 1.89 bits per heavy atom. The number of methoxy groups -OCH3 is 1. The van der Waals surface area contributed by atoms with Gasteiger partial charge in [0.1, 0.15) is 5.75 Å². The van der Waals surface area contributed by atoms with Gasteiger partial charge in [0.05, 0.1) is 18.4 Å². The highest BCUT2D eigenvalue weighted by atomic mass is 16.5. The minimum absolute atomic E-state index is 0.328. The number of rotatable bonds is 3. The topological polar surface area (TPSA) is 58.6 Å². The first-order chi connectivity index (χ1) is 8.60. The molecule has 0 saturated carbocycles. The SMILES string of the molecule is CNc1c(OC)ccc2c(C)c(C(=O)O)ccc12. The Morgan fingerprint density at radius 3 is 2.44 bits per heavy atom. The highest BCUT2D eigenvalue weighted by Gasteiger charge is 2.13. The molecule has 2 rings (SSSR count). The summed E-state index contributed by atoms with van der Waals surface area (Å²) in [5, 5.41) is 14.1. The van der Waals surface area contributed by atoms with E-state index < -0.39 is 5.97 Å². The van der Waals surface area contributed by atoms with Crippen molar-refractivity contribution in [2.24, 2.45) is 0 Å². The van der Waals surface area contributed by atoms with Gasteiger partial charge in [0.25, 0.3) is 0 Å². The van der Waals surface area contributed by atoms with E-state index in [1.807, 2.05) is 26.1 Å². The van der Waals surface area contributed by atoms with Crippen LogP contribution >= 0.6 is 0 Å². The van der Waals surface area contributed by atoms with Gasteiger partial charge in [-0.15, -0.1) is 0 Å². The van der Waals surface area contributed by atoms with Crippen molar-refractivity contribution < 1.29 is 14.6 Å². The number of benzene rings is 2. The van der Waals surface area contributed by atoms with Crippen molar-refractivity contribution in [1.82, 2.24) is 0 Å². The van der Waals surface area contributed by atoms with E-state index >= 15 is 0 Å². The fraction of sp³-hybridized carbons (Fsp3) is 0.214. The Balaban J connectivity index is 2.82. The second kappa shape index (κ2) is 4.56. The molecule has 0 unspecified atom stereocenters. The number of ether oxygens (including phenoxy) is 1. The Labute approximate surface area is 105 Å². The van der Waals surface area contributed by atoms with E-state index in [1.165, 1.54) is 0 Å². The van der Waals surface area contributed by atoms with Crippen molar-refractivity contribution in [3.8, 4) is 5.75 Å². The first kappa shape index (κ1) is 12.2. The average molecular weight is 245 g/mol. The van der Waals surface area contributed by atoms with Crippen LogP contribution in [0.1, 0.15) is 15.9 Å². The molecule has 0 radical (unpaired) electrons. The maximum Gasteiger partial charge on any atom is 0.335 e. The van der Waals surface area contributed by atoms with Gasteiger partial charge < -0.3 is 15.2 Å². The minimum Gasteiger partial charge on any atom is -0.495 e. The lowest BCUT2D eigenvalue weighted by atomic mass is 9.98. The van der Waals surface area contributed by atoms with Gasteiger partial charge in [0, 0.05) is 12.4 Å². The Morgan fingerprint density at radius 1 is 1.22 bits per heavy atom. The molecule has 0 heterocycles. The zero-order valence-corrected chi connectivity index (χ0v) is 10.6. The van der Waals surface area contributed by atoms with E-state index in [0.29, 0.717) is 5.56 Å². The molecule has 0 aliphatic heterocycles. The molecule has 0 bridgehead atoms. The summed E-state index contributed by atoms with van der Waals surface area (Å²) in [6.45, 7) is 1.82. The molecule has 0 aliphatic carbocycles. The van der Waals surface area contributed by atoms with Crippen LogP contribution in [0.15, 0.2) is 24.3 Å². The molecule has 0 atom stereocenters. The molecule has 0 amide bonds. The van der Waals surface area contributed by atoms with Gasteiger partial charge in [-0.05, 0) is 30.0 Å². The van der Waals surface area contributed by atoms with Gasteiger partial charge in [-0.3, -0.25) is 0 Å². The Hall–Kier alpha value is -2.23. The maximum absolute atomic E-state index is 11.1. The van der Waals surface area contributed by atoms with Crippen LogP contribution in [0.25, 0.3) is 10.8 Å². The number of aromatic carboxylic acids is 1. The number of nitrogens with one attached hydrogen (secondary N) is 1. The molecule has 94 valence electrons. The third-order valence-corrected chi connectivity index (χ3v) is 3.13. The minimum atomic E-state index is -0.906. The molecule has 0 aliphatic rings. The lowest BCUT2D eigenvalue weighted by Gasteiger charge is -2.13. The lowest BCUT2D eigenvalue weighted by Crippen LogP contribution is -2.01. The number of fused-ring (bicyclic) bond motifs is 1. The normalized spacial score (nSPS) is 10.4. The highest BCUT2D eigenvalue weighted by molar-refractivity contribution is 6.03. The van der Waals surface area contributed by atoms with Crippen molar-refractivity contribution in [3.63, 3.8) is 0 Å². The van der Waals surface area contributed by atoms with Gasteiger partial charge >= 0.3 is 5.97 Å². The molecule has 2 aromatic carbocycles. The quantitative estimate of drug-likeness (QED) is 0.873. The van der Waals surface area contributed by atoms with Crippen molar-refractivity contribution in [2.75, 3.05) is 19.5 Å². The molecule has 2 N–H and O–H groups in total. The summed E-state index contributed by atoms with van der Waals surface area (Å²) in [5.74, 6) is -0.163. The summed E-state index contributed by atoms with van der Waals surface area (Å²) in [5.41, 5.74) is 1.96. The summed E-state index contributed by atoms with van der Waals surface area (Å²) < 4.78 is 5.28. The lowest BCUT2D eigenvalue weighted by molar-refractivity contribution is 0.0696. The van der Waals surface area contributed by atoms with Crippen LogP contribution < -0.4 is 10.1 Å². The van der Waals surface area contributed by atoms with Crippen molar-refractivity contribution in [2.45, 2.75) is 6.92 Å². The highest BCUT2D eigenvalue weighted by Crippen LogP contribution is 2.35. The third-order valence-electron chi connectivity index (χ3n) is 3.13. The van der Waals surface area contributed by atoms with Crippen molar-refractivity contribution in [1.29, 1.82) is 0 Å². The maximum atomic E-state index is 11.1. The van der Waals surface area contributed by atoms with Crippen LogP contribution in [0.4, 0.5) is 5.69 Å². The second-order valence-electron chi connectivity index (χ2n) is 4.03. The zero-order chi connectivity index (χ0) is 13.3. The third kappa shape index (κ3) is 1.76. The largest absolute Gasteiger partial charge is 0.495 e. The van der Waals surface area contributed by atoms with Crippen molar-refractivity contribution in [3.05, 3.63) is 35.4 Å². The van der Waals surface area contributed by atoms with Gasteiger partial charge in [0.2, 0.25) is 0 Å². The van der Waals surface area contributed by atoms with Gasteiger partial charge in [0.15, 0.2) is 0 Å². The zero-order valence-electron chi connectivity index (χ0n) is 10.6. The van der Waals surface area contributed by atoms with E-state index in [-0.39, 0.29) is 0 Å². The second-order valence-corrected chi connectivity index (χ2v) is 4.03. The summed E-state index contributed by atoms with van der Waals surface area (Å²) >= 11 is 0. The average Bonchev–Trinajstić information content (AvgIpc) is 2.37. The van der Waals surface area contributed by atoms with E-state index in [1.54, 1.807) is 19.2 Å².